The van der Waals surface area contributed by atoms with E-state index in [1.54, 1.807) is 6.20 Å². The van der Waals surface area contributed by atoms with Gasteiger partial charge in [0.2, 0.25) is 0 Å². The lowest BCUT2D eigenvalue weighted by molar-refractivity contribution is 0.0242. The summed E-state index contributed by atoms with van der Waals surface area (Å²) < 4.78 is 5.46. The number of thioether (sulfide) groups is 1. The Bertz CT molecular complexity index is 548. The Hall–Kier alpha value is -1.01. The van der Waals surface area contributed by atoms with Crippen LogP contribution in [0.3, 0.4) is 0 Å². The number of nitrogens with zero attached hydrogens (tertiary/aromatic N) is 3. The number of amides is 1. The number of ether oxygens (including phenoxy) is 1. The van der Waals surface area contributed by atoms with Gasteiger partial charge in [0.1, 0.15) is 10.8 Å². The Morgan fingerprint density at radius 2 is 2.27 bits per heavy atom. The van der Waals surface area contributed by atoms with Crippen molar-refractivity contribution < 1.29 is 9.53 Å². The van der Waals surface area contributed by atoms with Crippen LogP contribution in [0, 0.1) is 6.92 Å². The molecule has 1 aliphatic rings. The lowest BCUT2D eigenvalue weighted by atomic mass is 10.2. The van der Waals surface area contributed by atoms with Crippen LogP contribution in [0.5, 0.6) is 0 Å². The van der Waals surface area contributed by atoms with E-state index in [9.17, 15) is 4.79 Å². The summed E-state index contributed by atoms with van der Waals surface area (Å²) in [6.45, 7) is 8.26. The fourth-order valence-corrected chi connectivity index (χ4v) is 3.37. The average Bonchev–Trinajstić information content (AvgIpc) is 2.87. The second kappa shape index (κ2) is 7.04. The zero-order chi connectivity index (χ0) is 16.3. The van der Waals surface area contributed by atoms with Gasteiger partial charge in [-0.15, -0.1) is 0 Å². The Balaban J connectivity index is 1.93. The summed E-state index contributed by atoms with van der Waals surface area (Å²) in [5, 5.41) is 1.12. The minimum absolute atomic E-state index is 0.156. The van der Waals surface area contributed by atoms with E-state index in [0.717, 1.165) is 30.7 Å². The summed E-state index contributed by atoms with van der Waals surface area (Å²) in [4.78, 5) is 22.5. The Kier molecular flexibility index (Phi) is 5.55. The largest absolute Gasteiger partial charge is 0.444 e. The van der Waals surface area contributed by atoms with Gasteiger partial charge < -0.3 is 9.64 Å². The highest BCUT2D eigenvalue weighted by Gasteiger charge is 2.32. The van der Waals surface area contributed by atoms with Gasteiger partial charge in [0, 0.05) is 30.1 Å². The number of likely N-dealkylation sites (tertiary alicyclic amines) is 1. The predicted octanol–water partition coefficient (Wildman–Crippen LogP) is 3.93. The van der Waals surface area contributed by atoms with Crippen molar-refractivity contribution >= 4 is 29.5 Å². The van der Waals surface area contributed by atoms with Crippen LogP contribution >= 0.6 is 23.4 Å². The maximum absolute atomic E-state index is 12.2. The van der Waals surface area contributed by atoms with E-state index < -0.39 is 5.60 Å². The molecule has 1 fully saturated rings. The third kappa shape index (κ3) is 4.74. The standard InChI is InChI=1S/C15H22ClN3O2S/c1-10-8-17-13(18-12(10)16)22-9-11-6-5-7-19(11)14(20)21-15(2,3)4/h8,11H,5-7,9H2,1-4H3. The van der Waals surface area contributed by atoms with Crippen LogP contribution < -0.4 is 0 Å². The van der Waals surface area contributed by atoms with Gasteiger partial charge in [-0.05, 0) is 40.5 Å². The van der Waals surface area contributed by atoms with Crippen molar-refractivity contribution in [2.24, 2.45) is 0 Å². The molecule has 1 atom stereocenters. The van der Waals surface area contributed by atoms with Crippen molar-refractivity contribution in [3.8, 4) is 0 Å². The quantitative estimate of drug-likeness (QED) is 0.473. The first-order valence-electron chi connectivity index (χ1n) is 7.38. The first kappa shape index (κ1) is 17.3. The van der Waals surface area contributed by atoms with E-state index in [1.165, 1.54) is 11.8 Å². The smallest absolute Gasteiger partial charge is 0.410 e. The van der Waals surface area contributed by atoms with Crippen molar-refractivity contribution in [1.29, 1.82) is 0 Å². The fraction of sp³-hybridized carbons (Fsp3) is 0.667. The van der Waals surface area contributed by atoms with Gasteiger partial charge in [-0.2, -0.15) is 0 Å². The van der Waals surface area contributed by atoms with Gasteiger partial charge in [-0.1, -0.05) is 23.4 Å². The molecule has 1 aromatic heterocycles. The van der Waals surface area contributed by atoms with Crippen LogP contribution in [-0.2, 0) is 4.74 Å². The molecule has 2 heterocycles. The maximum atomic E-state index is 12.2. The van der Waals surface area contributed by atoms with Gasteiger partial charge >= 0.3 is 6.09 Å². The molecule has 7 heteroatoms. The lowest BCUT2D eigenvalue weighted by Crippen LogP contribution is -2.40. The molecule has 5 nitrogen and oxygen atoms in total. The van der Waals surface area contributed by atoms with Gasteiger partial charge in [-0.25, -0.2) is 14.8 Å². The zero-order valence-corrected chi connectivity index (χ0v) is 15.0. The van der Waals surface area contributed by atoms with E-state index in [2.05, 4.69) is 9.97 Å². The van der Waals surface area contributed by atoms with Crippen LogP contribution in [0.25, 0.3) is 0 Å². The van der Waals surface area contributed by atoms with E-state index >= 15 is 0 Å². The summed E-state index contributed by atoms with van der Waals surface area (Å²) in [5.41, 5.74) is 0.396. The highest BCUT2D eigenvalue weighted by atomic mass is 35.5. The lowest BCUT2D eigenvalue weighted by Gasteiger charge is -2.28. The fourth-order valence-electron chi connectivity index (χ4n) is 2.22. The van der Waals surface area contributed by atoms with E-state index in [1.807, 2.05) is 32.6 Å². The molecule has 0 radical (unpaired) electrons. The third-order valence-corrected chi connectivity index (χ3v) is 4.69. The second-order valence-electron chi connectivity index (χ2n) is 6.41. The van der Waals surface area contributed by atoms with Crippen LogP contribution in [0.2, 0.25) is 5.15 Å². The van der Waals surface area contributed by atoms with Gasteiger partial charge in [-0.3, -0.25) is 0 Å². The molecule has 1 aliphatic heterocycles. The molecule has 0 N–H and O–H groups in total. The number of rotatable bonds is 3. The SMILES string of the molecule is Cc1cnc(SCC2CCCN2C(=O)OC(C)(C)C)nc1Cl. The molecule has 22 heavy (non-hydrogen) atoms. The molecular formula is C15H22ClN3O2S. The predicted molar refractivity (Wildman–Crippen MR) is 88.5 cm³/mol. The third-order valence-electron chi connectivity index (χ3n) is 3.30. The second-order valence-corrected chi connectivity index (χ2v) is 7.75. The minimum Gasteiger partial charge on any atom is -0.444 e. The molecule has 1 aromatic rings. The summed E-state index contributed by atoms with van der Waals surface area (Å²) in [6.07, 6.45) is 3.46. The normalized spacial score (nSPS) is 18.6. The Morgan fingerprint density at radius 3 is 2.91 bits per heavy atom. The highest BCUT2D eigenvalue weighted by molar-refractivity contribution is 7.99. The number of hydrogen-bond acceptors (Lipinski definition) is 5. The van der Waals surface area contributed by atoms with Crippen LogP contribution in [0.4, 0.5) is 4.79 Å². The van der Waals surface area contributed by atoms with Crippen molar-refractivity contribution in [3.05, 3.63) is 16.9 Å². The Morgan fingerprint density at radius 1 is 1.55 bits per heavy atom. The van der Waals surface area contributed by atoms with Crippen molar-refractivity contribution in [3.63, 3.8) is 0 Å². The summed E-state index contributed by atoms with van der Waals surface area (Å²) in [6, 6.07) is 0.156. The minimum atomic E-state index is -0.467. The molecule has 0 bridgehead atoms. The molecule has 0 aliphatic carbocycles. The van der Waals surface area contributed by atoms with Crippen molar-refractivity contribution in [1.82, 2.24) is 14.9 Å². The molecule has 1 unspecified atom stereocenters. The number of aromatic nitrogens is 2. The van der Waals surface area contributed by atoms with Crippen LogP contribution in [0.1, 0.15) is 39.2 Å². The molecular weight excluding hydrogens is 322 g/mol. The maximum Gasteiger partial charge on any atom is 0.410 e. The number of aryl methyl sites for hydroxylation is 1. The first-order chi connectivity index (χ1) is 10.3. The molecule has 0 saturated carbocycles. The van der Waals surface area contributed by atoms with Gasteiger partial charge in [0.25, 0.3) is 0 Å². The average molecular weight is 344 g/mol. The molecule has 1 saturated heterocycles. The van der Waals surface area contributed by atoms with Crippen molar-refractivity contribution in [2.75, 3.05) is 12.3 Å². The molecule has 1 amide bonds. The molecule has 2 rings (SSSR count). The number of carbonyl (C=O) groups is 1. The summed E-state index contributed by atoms with van der Waals surface area (Å²) >= 11 is 7.54. The van der Waals surface area contributed by atoms with E-state index in [0.29, 0.717) is 10.3 Å². The van der Waals surface area contributed by atoms with E-state index in [-0.39, 0.29) is 12.1 Å². The monoisotopic (exact) mass is 343 g/mol. The van der Waals surface area contributed by atoms with E-state index in [4.69, 9.17) is 16.3 Å². The highest BCUT2D eigenvalue weighted by Crippen LogP contribution is 2.26. The topological polar surface area (TPSA) is 55.3 Å². The number of carbonyl (C=O) groups excluding carboxylic acids is 1. The van der Waals surface area contributed by atoms with Crippen LogP contribution in [-0.4, -0.2) is 44.9 Å². The molecule has 0 aromatic carbocycles. The summed E-state index contributed by atoms with van der Waals surface area (Å²) in [7, 11) is 0. The number of hydrogen-bond donors (Lipinski definition) is 0. The first-order valence-corrected chi connectivity index (χ1v) is 8.74. The van der Waals surface area contributed by atoms with Crippen LogP contribution in [0.15, 0.2) is 11.4 Å². The van der Waals surface area contributed by atoms with Crippen molar-refractivity contribution in [2.45, 2.75) is 57.3 Å². The summed E-state index contributed by atoms with van der Waals surface area (Å²) in [5.74, 6) is 0.749. The molecule has 0 spiro atoms. The zero-order valence-electron chi connectivity index (χ0n) is 13.4. The molecule has 122 valence electrons. The Labute approximate surface area is 140 Å². The van der Waals surface area contributed by atoms with Gasteiger partial charge in [0.05, 0.1) is 0 Å². The van der Waals surface area contributed by atoms with Gasteiger partial charge in [0.15, 0.2) is 5.16 Å². The number of halogens is 1.